The average Bonchev–Trinajstić information content (AvgIpc) is 3.09. The number of rotatable bonds is 8. The molecule has 0 spiro atoms. The SMILES string of the molecule is CCNC(=NCCS(=O)(=O)c1ccccc1)NCCn1cccc1.I. The lowest BCUT2D eigenvalue weighted by Gasteiger charge is -2.11. The molecule has 1 heterocycles. The van der Waals surface area contributed by atoms with Gasteiger partial charge in [-0.1, -0.05) is 18.2 Å². The summed E-state index contributed by atoms with van der Waals surface area (Å²) in [4.78, 5) is 4.69. The van der Waals surface area contributed by atoms with Gasteiger partial charge in [0.25, 0.3) is 0 Å². The second kappa shape index (κ2) is 11.1. The molecule has 6 nitrogen and oxygen atoms in total. The van der Waals surface area contributed by atoms with Gasteiger partial charge in [-0.05, 0) is 31.2 Å². The lowest BCUT2D eigenvalue weighted by atomic mass is 10.4. The topological polar surface area (TPSA) is 75.5 Å². The van der Waals surface area contributed by atoms with E-state index in [1.54, 1.807) is 30.3 Å². The summed E-state index contributed by atoms with van der Waals surface area (Å²) in [5.41, 5.74) is 0. The van der Waals surface area contributed by atoms with Gasteiger partial charge in [0.1, 0.15) is 0 Å². The van der Waals surface area contributed by atoms with Gasteiger partial charge >= 0.3 is 0 Å². The molecule has 0 bridgehead atoms. The predicted octanol–water partition coefficient (Wildman–Crippen LogP) is 2.14. The Labute approximate surface area is 166 Å². The molecule has 0 unspecified atom stereocenters. The summed E-state index contributed by atoms with van der Waals surface area (Å²) >= 11 is 0. The van der Waals surface area contributed by atoms with Gasteiger partial charge in [0.05, 0.1) is 17.2 Å². The van der Waals surface area contributed by atoms with E-state index in [0.717, 1.165) is 13.1 Å². The molecule has 0 atom stereocenters. The van der Waals surface area contributed by atoms with Crippen molar-refractivity contribution in [2.75, 3.05) is 25.4 Å². The first-order chi connectivity index (χ1) is 11.6. The molecule has 0 saturated heterocycles. The van der Waals surface area contributed by atoms with Crippen LogP contribution in [-0.4, -0.2) is 44.3 Å². The highest BCUT2D eigenvalue weighted by Crippen LogP contribution is 2.09. The predicted molar refractivity (Wildman–Crippen MR) is 112 cm³/mol. The van der Waals surface area contributed by atoms with E-state index in [-0.39, 0.29) is 36.3 Å². The Hall–Kier alpha value is -1.55. The van der Waals surface area contributed by atoms with Crippen LogP contribution in [0.5, 0.6) is 0 Å². The van der Waals surface area contributed by atoms with Crippen molar-refractivity contribution in [3.8, 4) is 0 Å². The molecule has 0 radical (unpaired) electrons. The standard InChI is InChI=1S/C17H24N4O2S.HI/c1-2-18-17(19-10-14-21-12-6-7-13-21)20-11-15-24(22,23)16-8-4-3-5-9-16;/h3-9,12-13H,2,10-11,14-15H2,1H3,(H2,18,19,20);1H. The van der Waals surface area contributed by atoms with Gasteiger partial charge in [-0.15, -0.1) is 24.0 Å². The molecule has 1 aromatic carbocycles. The van der Waals surface area contributed by atoms with Gasteiger partial charge in [-0.2, -0.15) is 0 Å². The minimum absolute atomic E-state index is 0. The molecule has 138 valence electrons. The molecule has 1 aromatic heterocycles. The molecule has 2 aromatic rings. The van der Waals surface area contributed by atoms with E-state index in [0.29, 0.717) is 17.4 Å². The van der Waals surface area contributed by atoms with Crippen molar-refractivity contribution in [2.45, 2.75) is 18.4 Å². The van der Waals surface area contributed by atoms with Crippen LogP contribution < -0.4 is 10.6 Å². The van der Waals surface area contributed by atoms with Crippen LogP contribution in [0.25, 0.3) is 0 Å². The van der Waals surface area contributed by atoms with E-state index in [4.69, 9.17) is 0 Å². The van der Waals surface area contributed by atoms with E-state index < -0.39 is 9.84 Å². The maximum absolute atomic E-state index is 12.2. The van der Waals surface area contributed by atoms with E-state index >= 15 is 0 Å². The van der Waals surface area contributed by atoms with Crippen molar-refractivity contribution in [3.05, 3.63) is 54.9 Å². The molecule has 0 fully saturated rings. The largest absolute Gasteiger partial charge is 0.357 e. The Bertz CT molecular complexity index is 731. The number of benzene rings is 1. The highest BCUT2D eigenvalue weighted by atomic mass is 127. The van der Waals surface area contributed by atoms with Gasteiger partial charge < -0.3 is 15.2 Å². The number of sulfone groups is 1. The van der Waals surface area contributed by atoms with Crippen LogP contribution in [0.1, 0.15) is 6.92 Å². The Morgan fingerprint density at radius 2 is 1.76 bits per heavy atom. The molecule has 0 aliphatic rings. The first kappa shape index (κ1) is 21.5. The van der Waals surface area contributed by atoms with Gasteiger partial charge in [-0.25, -0.2) is 8.42 Å². The van der Waals surface area contributed by atoms with Crippen molar-refractivity contribution in [2.24, 2.45) is 4.99 Å². The van der Waals surface area contributed by atoms with E-state index in [9.17, 15) is 8.42 Å². The number of hydrogen-bond donors (Lipinski definition) is 2. The lowest BCUT2D eigenvalue weighted by molar-refractivity contribution is 0.595. The van der Waals surface area contributed by atoms with Gasteiger partial charge in [0.15, 0.2) is 15.8 Å². The van der Waals surface area contributed by atoms with Crippen LogP contribution in [0.15, 0.2) is 64.7 Å². The first-order valence-electron chi connectivity index (χ1n) is 8.02. The maximum atomic E-state index is 12.2. The summed E-state index contributed by atoms with van der Waals surface area (Å²) < 4.78 is 26.5. The maximum Gasteiger partial charge on any atom is 0.191 e. The molecular formula is C17H25IN4O2S. The number of guanidine groups is 1. The van der Waals surface area contributed by atoms with Crippen LogP contribution in [0.2, 0.25) is 0 Å². The first-order valence-corrected chi connectivity index (χ1v) is 9.68. The molecule has 0 aliphatic heterocycles. The van der Waals surface area contributed by atoms with Gasteiger partial charge in [0, 0.05) is 32.0 Å². The zero-order valence-corrected chi connectivity index (χ0v) is 17.4. The third kappa shape index (κ3) is 7.47. The summed E-state index contributed by atoms with van der Waals surface area (Å²) in [5.74, 6) is 0.624. The zero-order chi connectivity index (χ0) is 17.3. The van der Waals surface area contributed by atoms with Crippen LogP contribution >= 0.6 is 24.0 Å². The lowest BCUT2D eigenvalue weighted by Crippen LogP contribution is -2.39. The number of aliphatic imine (C=N–C) groups is 1. The van der Waals surface area contributed by atoms with Crippen LogP contribution in [0.3, 0.4) is 0 Å². The summed E-state index contributed by atoms with van der Waals surface area (Å²) in [7, 11) is -3.29. The Kier molecular flexibility index (Phi) is 9.58. The number of nitrogens with zero attached hydrogens (tertiary/aromatic N) is 2. The minimum atomic E-state index is -3.29. The molecular weight excluding hydrogens is 451 g/mol. The van der Waals surface area contributed by atoms with Crippen molar-refractivity contribution < 1.29 is 8.42 Å². The van der Waals surface area contributed by atoms with Gasteiger partial charge in [-0.3, -0.25) is 4.99 Å². The summed E-state index contributed by atoms with van der Waals surface area (Å²) in [6, 6.07) is 12.4. The fraction of sp³-hybridized carbons (Fsp3) is 0.353. The van der Waals surface area contributed by atoms with Crippen LogP contribution in [0, 0.1) is 0 Å². The third-order valence-corrected chi connectivity index (χ3v) is 5.12. The molecule has 8 heteroatoms. The molecule has 0 amide bonds. The van der Waals surface area contributed by atoms with E-state index in [2.05, 4.69) is 20.2 Å². The fourth-order valence-corrected chi connectivity index (χ4v) is 3.33. The van der Waals surface area contributed by atoms with Crippen molar-refractivity contribution in [1.29, 1.82) is 0 Å². The zero-order valence-electron chi connectivity index (χ0n) is 14.3. The van der Waals surface area contributed by atoms with E-state index in [1.165, 1.54) is 0 Å². The van der Waals surface area contributed by atoms with Crippen molar-refractivity contribution >= 4 is 39.8 Å². The fourth-order valence-electron chi connectivity index (χ4n) is 2.19. The minimum Gasteiger partial charge on any atom is -0.357 e. The van der Waals surface area contributed by atoms with E-state index in [1.807, 2.05) is 31.5 Å². The molecule has 25 heavy (non-hydrogen) atoms. The monoisotopic (exact) mass is 476 g/mol. The number of aromatic nitrogens is 1. The quantitative estimate of drug-likeness (QED) is 0.348. The normalized spacial score (nSPS) is 11.6. The Balaban J connectivity index is 0.00000312. The summed E-state index contributed by atoms with van der Waals surface area (Å²) in [5, 5.41) is 6.33. The summed E-state index contributed by atoms with van der Waals surface area (Å²) in [6.45, 7) is 4.45. The second-order valence-corrected chi connectivity index (χ2v) is 7.35. The average molecular weight is 476 g/mol. The Morgan fingerprint density at radius 3 is 2.40 bits per heavy atom. The van der Waals surface area contributed by atoms with Crippen LogP contribution in [0.4, 0.5) is 0 Å². The van der Waals surface area contributed by atoms with Crippen molar-refractivity contribution in [1.82, 2.24) is 15.2 Å². The molecule has 0 aliphatic carbocycles. The highest BCUT2D eigenvalue weighted by molar-refractivity contribution is 14.0. The third-order valence-electron chi connectivity index (χ3n) is 3.41. The molecule has 2 N–H and O–H groups in total. The highest BCUT2D eigenvalue weighted by Gasteiger charge is 2.13. The number of halogens is 1. The van der Waals surface area contributed by atoms with Crippen molar-refractivity contribution in [3.63, 3.8) is 0 Å². The van der Waals surface area contributed by atoms with Gasteiger partial charge in [0.2, 0.25) is 0 Å². The molecule has 0 saturated carbocycles. The smallest absolute Gasteiger partial charge is 0.191 e. The Morgan fingerprint density at radius 1 is 1.08 bits per heavy atom. The molecule has 2 rings (SSSR count). The van der Waals surface area contributed by atoms with Crippen LogP contribution in [-0.2, 0) is 16.4 Å². The summed E-state index contributed by atoms with van der Waals surface area (Å²) in [6.07, 6.45) is 4.00. The number of nitrogens with one attached hydrogen (secondary N) is 2. The number of hydrogen-bond acceptors (Lipinski definition) is 3. The second-order valence-electron chi connectivity index (χ2n) is 5.24.